The van der Waals surface area contributed by atoms with E-state index in [9.17, 15) is 17.6 Å². The molecule has 0 bridgehead atoms. The predicted molar refractivity (Wildman–Crippen MR) is 35.9 cm³/mol. The van der Waals surface area contributed by atoms with E-state index in [4.69, 9.17) is 11.6 Å². The predicted octanol–water partition coefficient (Wildman–Crippen LogP) is 2.77. The van der Waals surface area contributed by atoms with E-state index in [0.717, 1.165) is 0 Å². The lowest BCUT2D eigenvalue weighted by molar-refractivity contribution is -0.274. The van der Waals surface area contributed by atoms with Crippen LogP contribution in [0.25, 0.3) is 0 Å². The first kappa shape index (κ1) is 10.0. The average molecular weight is 216 g/mol. The largest absolute Gasteiger partial charge is 0.573 e. The molecule has 1 aromatic rings. The highest BCUT2D eigenvalue weighted by molar-refractivity contribution is 6.29. The van der Waals surface area contributed by atoms with Gasteiger partial charge in [-0.1, -0.05) is 11.6 Å². The van der Waals surface area contributed by atoms with Crippen molar-refractivity contribution < 1.29 is 22.3 Å². The van der Waals surface area contributed by atoms with Crippen molar-refractivity contribution in [1.29, 1.82) is 0 Å². The highest BCUT2D eigenvalue weighted by Crippen LogP contribution is 2.24. The van der Waals surface area contributed by atoms with E-state index < -0.39 is 23.1 Å². The fourth-order valence-corrected chi connectivity index (χ4v) is 0.696. The fourth-order valence-electron chi connectivity index (χ4n) is 0.593. The Labute approximate surface area is 75.1 Å². The molecule has 1 aromatic heterocycles. The molecule has 7 heteroatoms. The number of halogens is 5. The zero-order chi connectivity index (χ0) is 10.1. The zero-order valence-electron chi connectivity index (χ0n) is 5.90. The summed E-state index contributed by atoms with van der Waals surface area (Å²) in [7, 11) is 0. The third-order valence-corrected chi connectivity index (χ3v) is 1.28. The van der Waals surface area contributed by atoms with Crippen molar-refractivity contribution >= 4 is 11.6 Å². The van der Waals surface area contributed by atoms with Gasteiger partial charge >= 0.3 is 6.36 Å². The summed E-state index contributed by atoms with van der Waals surface area (Å²) in [6.45, 7) is 0. The maximum atomic E-state index is 12.5. The van der Waals surface area contributed by atoms with Crippen molar-refractivity contribution in [2.24, 2.45) is 0 Å². The van der Waals surface area contributed by atoms with Gasteiger partial charge in [0, 0.05) is 6.07 Å². The van der Waals surface area contributed by atoms with E-state index in [1.807, 2.05) is 0 Å². The van der Waals surface area contributed by atoms with Crippen molar-refractivity contribution in [3.05, 3.63) is 23.2 Å². The Morgan fingerprint density at radius 1 is 1.38 bits per heavy atom. The number of hydrogen-bond acceptors (Lipinski definition) is 2. The molecule has 0 N–H and O–H groups in total. The van der Waals surface area contributed by atoms with Crippen LogP contribution in [0, 0.1) is 5.82 Å². The number of alkyl halides is 3. The standard InChI is InChI=1S/C6H2ClF4NO/c7-5-4(8)1-3(2-12-5)13-6(9,10)11/h1-2H. The van der Waals surface area contributed by atoms with Gasteiger partial charge in [0.05, 0.1) is 6.20 Å². The topological polar surface area (TPSA) is 22.1 Å². The molecule has 0 saturated carbocycles. The molecule has 1 rings (SSSR count). The first-order valence-corrected chi connectivity index (χ1v) is 3.33. The van der Waals surface area contributed by atoms with Gasteiger partial charge in [-0.05, 0) is 0 Å². The minimum Gasteiger partial charge on any atom is -0.404 e. The van der Waals surface area contributed by atoms with Gasteiger partial charge in [0.1, 0.15) is 0 Å². The Balaban J connectivity index is 2.86. The maximum Gasteiger partial charge on any atom is 0.573 e. The number of aromatic nitrogens is 1. The van der Waals surface area contributed by atoms with Crippen LogP contribution in [-0.2, 0) is 0 Å². The van der Waals surface area contributed by atoms with Crippen LogP contribution in [0.4, 0.5) is 17.6 Å². The van der Waals surface area contributed by atoms with Crippen LogP contribution in [-0.4, -0.2) is 11.3 Å². The maximum absolute atomic E-state index is 12.5. The first-order valence-electron chi connectivity index (χ1n) is 2.95. The molecule has 72 valence electrons. The van der Waals surface area contributed by atoms with Gasteiger partial charge in [-0.2, -0.15) is 0 Å². The van der Waals surface area contributed by atoms with Gasteiger partial charge in [0.2, 0.25) is 0 Å². The molecule has 0 amide bonds. The van der Waals surface area contributed by atoms with Gasteiger partial charge in [-0.3, -0.25) is 0 Å². The van der Waals surface area contributed by atoms with Gasteiger partial charge in [-0.25, -0.2) is 9.37 Å². The summed E-state index contributed by atoms with van der Waals surface area (Å²) < 4.78 is 50.6. The van der Waals surface area contributed by atoms with E-state index >= 15 is 0 Å². The van der Waals surface area contributed by atoms with Crippen LogP contribution in [0.1, 0.15) is 0 Å². The highest BCUT2D eigenvalue weighted by atomic mass is 35.5. The molecule has 0 aliphatic carbocycles. The highest BCUT2D eigenvalue weighted by Gasteiger charge is 2.31. The summed E-state index contributed by atoms with van der Waals surface area (Å²) in [5.41, 5.74) is 0. The first-order chi connectivity index (χ1) is 5.88. The summed E-state index contributed by atoms with van der Waals surface area (Å²) in [5.74, 6) is -1.81. The quantitative estimate of drug-likeness (QED) is 0.531. The summed E-state index contributed by atoms with van der Waals surface area (Å²) >= 11 is 5.13. The minimum absolute atomic E-state index is 0.503. The van der Waals surface area contributed by atoms with Crippen molar-refractivity contribution in [3.63, 3.8) is 0 Å². The second-order valence-electron chi connectivity index (χ2n) is 1.99. The van der Waals surface area contributed by atoms with Crippen LogP contribution in [0.2, 0.25) is 5.15 Å². The van der Waals surface area contributed by atoms with Crippen molar-refractivity contribution in [2.45, 2.75) is 6.36 Å². The number of nitrogens with zero attached hydrogens (tertiary/aromatic N) is 1. The molecule has 0 spiro atoms. The number of pyridine rings is 1. The van der Waals surface area contributed by atoms with E-state index in [0.29, 0.717) is 12.3 Å². The lowest BCUT2D eigenvalue weighted by Gasteiger charge is -2.07. The third kappa shape index (κ3) is 3.06. The van der Waals surface area contributed by atoms with Gasteiger partial charge < -0.3 is 4.74 Å². The number of ether oxygens (including phenoxy) is 1. The Morgan fingerprint density at radius 2 is 2.00 bits per heavy atom. The average Bonchev–Trinajstić information content (AvgIpc) is 1.94. The Bertz CT molecular complexity index is 314. The summed E-state index contributed by atoms with van der Waals surface area (Å²) in [5, 5.41) is -0.505. The summed E-state index contributed by atoms with van der Waals surface area (Å²) in [6, 6.07) is 0.503. The molecular weight excluding hydrogens is 214 g/mol. The third-order valence-electron chi connectivity index (χ3n) is 1.00. The number of rotatable bonds is 1. The van der Waals surface area contributed by atoms with Crippen LogP contribution in [0.3, 0.4) is 0 Å². The van der Waals surface area contributed by atoms with Crippen LogP contribution in [0.5, 0.6) is 5.75 Å². The Morgan fingerprint density at radius 3 is 2.46 bits per heavy atom. The lowest BCUT2D eigenvalue weighted by atomic mass is 10.4. The molecule has 0 aliphatic rings. The normalized spacial score (nSPS) is 11.5. The van der Waals surface area contributed by atoms with Crippen molar-refractivity contribution in [3.8, 4) is 5.75 Å². The summed E-state index contributed by atoms with van der Waals surface area (Å²) in [4.78, 5) is 3.13. The molecule has 13 heavy (non-hydrogen) atoms. The second kappa shape index (κ2) is 3.37. The van der Waals surface area contributed by atoms with Gasteiger partial charge in [0.15, 0.2) is 16.7 Å². The molecule has 0 unspecified atom stereocenters. The van der Waals surface area contributed by atoms with E-state index in [1.165, 1.54) is 0 Å². The van der Waals surface area contributed by atoms with E-state index in [-0.39, 0.29) is 0 Å². The Kier molecular flexibility index (Phi) is 2.60. The van der Waals surface area contributed by atoms with E-state index in [1.54, 1.807) is 0 Å². The van der Waals surface area contributed by atoms with E-state index in [2.05, 4.69) is 9.72 Å². The minimum atomic E-state index is -4.86. The van der Waals surface area contributed by atoms with Crippen molar-refractivity contribution in [1.82, 2.24) is 4.98 Å². The zero-order valence-corrected chi connectivity index (χ0v) is 6.66. The molecule has 1 heterocycles. The molecule has 0 fully saturated rings. The molecule has 0 aromatic carbocycles. The molecule has 0 radical (unpaired) electrons. The molecule has 2 nitrogen and oxygen atoms in total. The molecule has 0 aliphatic heterocycles. The van der Waals surface area contributed by atoms with Crippen LogP contribution in [0.15, 0.2) is 12.3 Å². The van der Waals surface area contributed by atoms with Crippen molar-refractivity contribution in [2.75, 3.05) is 0 Å². The lowest BCUT2D eigenvalue weighted by Crippen LogP contribution is -2.17. The van der Waals surface area contributed by atoms with Crippen LogP contribution >= 0.6 is 11.6 Å². The molecular formula is C6H2ClF4NO. The molecule has 0 atom stereocenters. The van der Waals surface area contributed by atoms with Crippen LogP contribution < -0.4 is 4.74 Å². The Hall–Kier alpha value is -1.04. The monoisotopic (exact) mass is 215 g/mol. The van der Waals surface area contributed by atoms with Gasteiger partial charge in [0.25, 0.3) is 0 Å². The molecule has 0 saturated heterocycles. The SMILES string of the molecule is Fc1cc(OC(F)(F)F)cnc1Cl. The second-order valence-corrected chi connectivity index (χ2v) is 2.35. The number of hydrogen-bond donors (Lipinski definition) is 0. The van der Waals surface area contributed by atoms with Gasteiger partial charge in [-0.15, -0.1) is 13.2 Å². The summed E-state index contributed by atoms with van der Waals surface area (Å²) in [6.07, 6.45) is -4.18. The fraction of sp³-hybridized carbons (Fsp3) is 0.167. The smallest absolute Gasteiger partial charge is 0.404 e.